The second-order valence-electron chi connectivity index (χ2n) is 3.54. The van der Waals surface area contributed by atoms with Crippen molar-refractivity contribution in [2.24, 2.45) is 5.41 Å². The summed E-state index contributed by atoms with van der Waals surface area (Å²) in [6.45, 7) is 6.91. The van der Waals surface area contributed by atoms with E-state index in [0.29, 0.717) is 11.8 Å². The molecule has 0 aromatic carbocycles. The third kappa shape index (κ3) is 2.19. The molecule has 0 unspecified atom stereocenters. The molecule has 1 amide bonds. The van der Waals surface area contributed by atoms with Gasteiger partial charge < -0.3 is 10.6 Å². The fourth-order valence-corrected chi connectivity index (χ4v) is 1.11. The second kappa shape index (κ2) is 3.22. The summed E-state index contributed by atoms with van der Waals surface area (Å²) in [5.41, 5.74) is 0.310. The molecule has 0 atom stereocenters. The molecule has 2 N–H and O–H groups in total. The predicted octanol–water partition coefficient (Wildman–Crippen LogP) is 0.122. The lowest BCUT2D eigenvalue weighted by molar-refractivity contribution is -0.121. The maximum Gasteiger partial charge on any atom is 0.219 e. The van der Waals surface area contributed by atoms with Gasteiger partial charge in [0.2, 0.25) is 5.91 Å². The van der Waals surface area contributed by atoms with E-state index >= 15 is 0 Å². The van der Waals surface area contributed by atoms with E-state index in [0.717, 1.165) is 19.6 Å². The fraction of sp³-hybridized carbons (Fsp3) is 0.875. The van der Waals surface area contributed by atoms with Gasteiger partial charge >= 0.3 is 0 Å². The molecule has 64 valence electrons. The van der Waals surface area contributed by atoms with Crippen LogP contribution in [-0.4, -0.2) is 25.5 Å². The first-order valence-electron chi connectivity index (χ1n) is 4.14. The second-order valence-corrected chi connectivity index (χ2v) is 3.54. The Morgan fingerprint density at radius 2 is 2.27 bits per heavy atom. The van der Waals surface area contributed by atoms with Gasteiger partial charge in [0, 0.05) is 31.5 Å². The van der Waals surface area contributed by atoms with Gasteiger partial charge in [0.05, 0.1) is 0 Å². The average molecular weight is 156 g/mol. The van der Waals surface area contributed by atoms with Gasteiger partial charge in [-0.05, 0) is 0 Å². The van der Waals surface area contributed by atoms with Crippen molar-refractivity contribution in [3.8, 4) is 0 Å². The highest BCUT2D eigenvalue weighted by Crippen LogP contribution is 2.19. The number of nitrogens with one attached hydrogen (secondary N) is 2. The summed E-state index contributed by atoms with van der Waals surface area (Å²) in [5, 5.41) is 6.09. The molecule has 1 aliphatic rings. The number of hydrogen-bond donors (Lipinski definition) is 2. The molecule has 3 nitrogen and oxygen atoms in total. The summed E-state index contributed by atoms with van der Waals surface area (Å²) in [6.07, 6.45) is 0.587. The Hall–Kier alpha value is -0.570. The van der Waals surface area contributed by atoms with Crippen molar-refractivity contribution in [2.45, 2.75) is 20.3 Å². The van der Waals surface area contributed by atoms with Crippen LogP contribution >= 0.6 is 0 Å². The molecule has 0 saturated carbocycles. The Morgan fingerprint density at radius 1 is 1.64 bits per heavy atom. The van der Waals surface area contributed by atoms with E-state index in [4.69, 9.17) is 0 Å². The molecule has 1 fully saturated rings. The molecule has 0 radical (unpaired) electrons. The lowest BCUT2D eigenvalue weighted by Gasteiger charge is -2.39. The van der Waals surface area contributed by atoms with Gasteiger partial charge in [-0.1, -0.05) is 13.8 Å². The summed E-state index contributed by atoms with van der Waals surface area (Å²) >= 11 is 0. The molecule has 0 aliphatic carbocycles. The van der Waals surface area contributed by atoms with Crippen LogP contribution in [0.3, 0.4) is 0 Å². The number of carbonyl (C=O) groups excluding carboxylic acids is 1. The van der Waals surface area contributed by atoms with E-state index in [-0.39, 0.29) is 5.91 Å². The topological polar surface area (TPSA) is 41.1 Å². The number of rotatable bonds is 3. The van der Waals surface area contributed by atoms with Crippen LogP contribution in [0.4, 0.5) is 0 Å². The Kier molecular flexibility index (Phi) is 2.49. The highest BCUT2D eigenvalue weighted by molar-refractivity contribution is 5.75. The summed E-state index contributed by atoms with van der Waals surface area (Å²) in [4.78, 5) is 10.9. The summed E-state index contributed by atoms with van der Waals surface area (Å²) in [6, 6.07) is 0. The zero-order valence-corrected chi connectivity index (χ0v) is 7.24. The number of carbonyl (C=O) groups is 1. The normalized spacial score (nSPS) is 20.5. The van der Waals surface area contributed by atoms with E-state index in [9.17, 15) is 4.79 Å². The van der Waals surface area contributed by atoms with E-state index in [2.05, 4.69) is 17.6 Å². The minimum atomic E-state index is 0.151. The highest BCUT2D eigenvalue weighted by atomic mass is 16.1. The van der Waals surface area contributed by atoms with Gasteiger partial charge in [0.1, 0.15) is 0 Å². The predicted molar refractivity (Wildman–Crippen MR) is 44.3 cm³/mol. The van der Waals surface area contributed by atoms with E-state index in [1.807, 2.05) is 6.92 Å². The third-order valence-corrected chi connectivity index (χ3v) is 2.14. The first-order chi connectivity index (χ1) is 5.16. The van der Waals surface area contributed by atoms with Crippen LogP contribution in [0.25, 0.3) is 0 Å². The van der Waals surface area contributed by atoms with Crippen molar-refractivity contribution in [3.63, 3.8) is 0 Å². The summed E-state index contributed by atoms with van der Waals surface area (Å²) < 4.78 is 0. The third-order valence-electron chi connectivity index (χ3n) is 2.14. The average Bonchev–Trinajstić information content (AvgIpc) is 1.96. The van der Waals surface area contributed by atoms with Crippen molar-refractivity contribution >= 4 is 5.91 Å². The van der Waals surface area contributed by atoms with Crippen LogP contribution < -0.4 is 10.6 Å². The number of amides is 1. The van der Waals surface area contributed by atoms with Crippen LogP contribution in [0, 0.1) is 5.41 Å². The van der Waals surface area contributed by atoms with Gasteiger partial charge in [0.15, 0.2) is 0 Å². The highest BCUT2D eigenvalue weighted by Gasteiger charge is 2.31. The molecule has 3 heteroatoms. The van der Waals surface area contributed by atoms with Crippen molar-refractivity contribution in [3.05, 3.63) is 0 Å². The zero-order valence-electron chi connectivity index (χ0n) is 7.24. The molecule has 0 bridgehead atoms. The van der Waals surface area contributed by atoms with Crippen molar-refractivity contribution in [2.75, 3.05) is 19.6 Å². The van der Waals surface area contributed by atoms with E-state index < -0.39 is 0 Å². The lowest BCUT2D eigenvalue weighted by atomic mass is 9.84. The molecule has 1 saturated heterocycles. The summed E-state index contributed by atoms with van der Waals surface area (Å²) in [7, 11) is 0. The molecule has 1 heterocycles. The molecule has 11 heavy (non-hydrogen) atoms. The smallest absolute Gasteiger partial charge is 0.219 e. The first-order valence-corrected chi connectivity index (χ1v) is 4.14. The Balaban J connectivity index is 2.16. The van der Waals surface area contributed by atoms with Gasteiger partial charge in [-0.15, -0.1) is 0 Å². The van der Waals surface area contributed by atoms with Crippen LogP contribution in [0.15, 0.2) is 0 Å². The molecule has 0 aromatic rings. The zero-order chi connectivity index (χ0) is 8.32. The van der Waals surface area contributed by atoms with Crippen molar-refractivity contribution in [1.29, 1.82) is 0 Å². The van der Waals surface area contributed by atoms with Crippen LogP contribution in [-0.2, 0) is 4.79 Å². The van der Waals surface area contributed by atoms with Gasteiger partial charge in [-0.3, -0.25) is 4.79 Å². The quantitative estimate of drug-likeness (QED) is 0.609. The van der Waals surface area contributed by atoms with Crippen molar-refractivity contribution in [1.82, 2.24) is 10.6 Å². The minimum absolute atomic E-state index is 0.151. The molecular formula is C8H16N2O. The van der Waals surface area contributed by atoms with E-state index in [1.165, 1.54) is 0 Å². The lowest BCUT2D eigenvalue weighted by Crippen LogP contribution is -2.56. The van der Waals surface area contributed by atoms with Crippen LogP contribution in [0.5, 0.6) is 0 Å². The molecule has 0 aromatic heterocycles. The molecule has 0 spiro atoms. The van der Waals surface area contributed by atoms with Gasteiger partial charge in [-0.25, -0.2) is 0 Å². The van der Waals surface area contributed by atoms with Crippen LogP contribution in [0.2, 0.25) is 0 Å². The monoisotopic (exact) mass is 156 g/mol. The van der Waals surface area contributed by atoms with Crippen molar-refractivity contribution < 1.29 is 4.79 Å². The Morgan fingerprint density at radius 3 is 2.64 bits per heavy atom. The fourth-order valence-electron chi connectivity index (χ4n) is 1.11. The minimum Gasteiger partial charge on any atom is -0.355 e. The van der Waals surface area contributed by atoms with Gasteiger partial charge in [-0.2, -0.15) is 0 Å². The van der Waals surface area contributed by atoms with Crippen LogP contribution in [0.1, 0.15) is 20.3 Å². The molecule has 1 aliphatic heterocycles. The largest absolute Gasteiger partial charge is 0.355 e. The molecular weight excluding hydrogens is 140 g/mol. The van der Waals surface area contributed by atoms with Gasteiger partial charge in [0.25, 0.3) is 0 Å². The van der Waals surface area contributed by atoms with E-state index in [1.54, 1.807) is 0 Å². The Labute approximate surface area is 67.5 Å². The molecule has 1 rings (SSSR count). The maximum absolute atomic E-state index is 10.9. The standard InChI is InChI=1S/C8H16N2O/c1-3-7(11)10-6-8(2)4-9-5-8/h9H,3-6H2,1-2H3,(H,10,11). The maximum atomic E-state index is 10.9. The number of hydrogen-bond acceptors (Lipinski definition) is 2. The Bertz CT molecular complexity index is 152. The summed E-state index contributed by atoms with van der Waals surface area (Å²) in [5.74, 6) is 0.151. The SMILES string of the molecule is CCC(=O)NCC1(C)CNC1. The first kappa shape index (κ1) is 8.53.